The molecule has 112 valence electrons. The maximum atomic E-state index is 12.2. The molecule has 1 aliphatic rings. The van der Waals surface area contributed by atoms with Crippen molar-refractivity contribution in [1.82, 2.24) is 9.71 Å². The van der Waals surface area contributed by atoms with Crippen molar-refractivity contribution < 1.29 is 13.2 Å². The minimum atomic E-state index is -3.67. The molecule has 7 nitrogen and oxygen atoms in total. The molecule has 0 unspecified atom stereocenters. The molecule has 1 aromatic heterocycles. The number of nitrogens with zero attached hydrogens (tertiary/aromatic N) is 1. The van der Waals surface area contributed by atoms with Crippen LogP contribution >= 0.6 is 11.6 Å². The summed E-state index contributed by atoms with van der Waals surface area (Å²) in [5, 5.41) is 0.139. The molecular formula is C11H17ClN4O3S. The van der Waals surface area contributed by atoms with E-state index in [0.29, 0.717) is 0 Å². The second-order valence-corrected chi connectivity index (χ2v) is 6.89. The maximum absolute atomic E-state index is 12.2. The third-order valence-corrected chi connectivity index (χ3v) is 5.20. The number of hydrogen-bond acceptors (Lipinski definition) is 6. The van der Waals surface area contributed by atoms with Gasteiger partial charge < -0.3 is 10.2 Å². The van der Waals surface area contributed by atoms with Crippen LogP contribution in [0.3, 0.4) is 0 Å². The standard InChI is InChI=1S/C11H17ClN4O3S/c1-19-11(3-2-4-11)7-15-20(17,18)8-5-9(12)10(16-13)14-6-8/h5-6,15H,2-4,7,13H2,1H3,(H,14,16). The third kappa shape index (κ3) is 3.04. The number of nitrogens with one attached hydrogen (secondary N) is 2. The summed E-state index contributed by atoms with van der Waals surface area (Å²) in [7, 11) is -2.08. The number of hydrogen-bond donors (Lipinski definition) is 3. The molecule has 0 atom stereocenters. The number of aromatic nitrogens is 1. The van der Waals surface area contributed by atoms with Gasteiger partial charge >= 0.3 is 0 Å². The first-order valence-electron chi connectivity index (χ1n) is 6.09. The first-order chi connectivity index (χ1) is 9.42. The SMILES string of the molecule is COC1(CNS(=O)(=O)c2cnc(NN)c(Cl)c2)CCC1. The number of nitrogens with two attached hydrogens (primary N) is 1. The van der Waals surface area contributed by atoms with Crippen LogP contribution in [0.15, 0.2) is 17.2 Å². The summed E-state index contributed by atoms with van der Waals surface area (Å²) in [4.78, 5) is 3.84. The average molecular weight is 321 g/mol. The Morgan fingerprint density at radius 1 is 1.55 bits per heavy atom. The summed E-state index contributed by atoms with van der Waals surface area (Å²) in [5.41, 5.74) is 1.89. The van der Waals surface area contributed by atoms with Gasteiger partial charge in [-0.3, -0.25) is 0 Å². The number of sulfonamides is 1. The molecule has 0 spiro atoms. The fourth-order valence-electron chi connectivity index (χ4n) is 2.01. The molecule has 2 rings (SSSR count). The van der Waals surface area contributed by atoms with E-state index in [1.165, 1.54) is 12.3 Å². The Morgan fingerprint density at radius 2 is 2.25 bits per heavy atom. The highest BCUT2D eigenvalue weighted by molar-refractivity contribution is 7.89. The van der Waals surface area contributed by atoms with Crippen molar-refractivity contribution in [3.05, 3.63) is 17.3 Å². The second kappa shape index (κ2) is 5.82. The fourth-order valence-corrected chi connectivity index (χ4v) is 3.38. The van der Waals surface area contributed by atoms with Gasteiger partial charge in [0.1, 0.15) is 4.90 Å². The van der Waals surface area contributed by atoms with Crippen LogP contribution in [-0.4, -0.2) is 32.7 Å². The molecular weight excluding hydrogens is 304 g/mol. The number of nitrogen functional groups attached to an aromatic ring is 1. The van der Waals surface area contributed by atoms with E-state index in [1.54, 1.807) is 7.11 Å². The Labute approximate surface area is 122 Å². The van der Waals surface area contributed by atoms with E-state index in [0.717, 1.165) is 19.3 Å². The van der Waals surface area contributed by atoms with Crippen molar-refractivity contribution in [3.8, 4) is 0 Å². The van der Waals surface area contributed by atoms with Crippen LogP contribution in [0.25, 0.3) is 0 Å². The monoisotopic (exact) mass is 320 g/mol. The van der Waals surface area contributed by atoms with Gasteiger partial charge in [0.25, 0.3) is 0 Å². The predicted octanol–water partition coefficient (Wildman–Crippen LogP) is 0.868. The lowest BCUT2D eigenvalue weighted by Gasteiger charge is -2.40. The number of halogens is 1. The topological polar surface area (TPSA) is 106 Å². The number of pyridine rings is 1. The number of methoxy groups -OCH3 is 1. The molecule has 0 bridgehead atoms. The number of anilines is 1. The van der Waals surface area contributed by atoms with Crippen LogP contribution in [-0.2, 0) is 14.8 Å². The molecule has 0 radical (unpaired) electrons. The van der Waals surface area contributed by atoms with Gasteiger partial charge in [0.15, 0.2) is 5.82 Å². The van der Waals surface area contributed by atoms with Crippen LogP contribution in [0, 0.1) is 0 Å². The highest BCUT2D eigenvalue weighted by Gasteiger charge is 2.38. The highest BCUT2D eigenvalue weighted by atomic mass is 35.5. The van der Waals surface area contributed by atoms with Crippen molar-refractivity contribution >= 4 is 27.4 Å². The fraction of sp³-hybridized carbons (Fsp3) is 0.545. The zero-order valence-corrected chi connectivity index (χ0v) is 12.6. The summed E-state index contributed by atoms with van der Waals surface area (Å²) in [6.45, 7) is 0.236. The molecule has 1 heterocycles. The first kappa shape index (κ1) is 15.5. The smallest absolute Gasteiger partial charge is 0.242 e. The second-order valence-electron chi connectivity index (χ2n) is 4.71. The van der Waals surface area contributed by atoms with E-state index in [1.807, 2.05) is 0 Å². The molecule has 0 amide bonds. The number of hydrazine groups is 1. The average Bonchev–Trinajstić information content (AvgIpc) is 2.38. The van der Waals surface area contributed by atoms with E-state index in [2.05, 4.69) is 15.1 Å². The van der Waals surface area contributed by atoms with Crippen LogP contribution in [0.2, 0.25) is 5.02 Å². The van der Waals surface area contributed by atoms with Crippen molar-refractivity contribution in [2.45, 2.75) is 29.8 Å². The van der Waals surface area contributed by atoms with E-state index in [-0.39, 0.29) is 27.9 Å². The lowest BCUT2D eigenvalue weighted by Crippen LogP contribution is -2.49. The number of rotatable bonds is 6. The van der Waals surface area contributed by atoms with E-state index in [4.69, 9.17) is 22.2 Å². The first-order valence-corrected chi connectivity index (χ1v) is 7.95. The van der Waals surface area contributed by atoms with Crippen molar-refractivity contribution in [2.24, 2.45) is 5.84 Å². The van der Waals surface area contributed by atoms with Crippen LogP contribution in [0.4, 0.5) is 5.82 Å². The molecule has 1 fully saturated rings. The van der Waals surface area contributed by atoms with Crippen LogP contribution < -0.4 is 16.0 Å². The Balaban J connectivity index is 2.12. The molecule has 20 heavy (non-hydrogen) atoms. The summed E-state index contributed by atoms with van der Waals surface area (Å²) < 4.78 is 32.2. The van der Waals surface area contributed by atoms with E-state index >= 15 is 0 Å². The lowest BCUT2D eigenvalue weighted by atomic mass is 9.80. The van der Waals surface area contributed by atoms with Gasteiger partial charge in [-0.05, 0) is 25.3 Å². The van der Waals surface area contributed by atoms with Gasteiger partial charge in [0.2, 0.25) is 10.0 Å². The zero-order valence-electron chi connectivity index (χ0n) is 11.0. The quantitative estimate of drug-likeness (QED) is 0.530. The van der Waals surface area contributed by atoms with Crippen molar-refractivity contribution in [2.75, 3.05) is 19.1 Å². The minimum absolute atomic E-state index is 0.00734. The van der Waals surface area contributed by atoms with Gasteiger partial charge in [-0.1, -0.05) is 11.6 Å². The van der Waals surface area contributed by atoms with E-state index < -0.39 is 10.0 Å². The molecule has 0 aromatic carbocycles. The van der Waals surface area contributed by atoms with Gasteiger partial charge in [0.05, 0.1) is 10.6 Å². The van der Waals surface area contributed by atoms with Gasteiger partial charge in [-0.15, -0.1) is 0 Å². The molecule has 0 saturated heterocycles. The third-order valence-electron chi connectivity index (χ3n) is 3.55. The Morgan fingerprint density at radius 3 is 2.70 bits per heavy atom. The molecule has 1 aliphatic carbocycles. The van der Waals surface area contributed by atoms with Gasteiger partial charge in [-0.2, -0.15) is 0 Å². The van der Waals surface area contributed by atoms with Crippen molar-refractivity contribution in [3.63, 3.8) is 0 Å². The Bertz CT molecular complexity index is 584. The Hall–Kier alpha value is -0.930. The normalized spacial score (nSPS) is 17.6. The van der Waals surface area contributed by atoms with Crippen molar-refractivity contribution in [1.29, 1.82) is 0 Å². The molecule has 4 N–H and O–H groups in total. The largest absolute Gasteiger partial charge is 0.377 e. The summed E-state index contributed by atoms with van der Waals surface area (Å²) >= 11 is 5.87. The molecule has 9 heteroatoms. The molecule has 1 aromatic rings. The minimum Gasteiger partial charge on any atom is -0.377 e. The summed E-state index contributed by atoms with van der Waals surface area (Å²) in [6, 6.07) is 1.30. The Kier molecular flexibility index (Phi) is 4.50. The molecule has 1 saturated carbocycles. The molecule has 0 aliphatic heterocycles. The summed E-state index contributed by atoms with van der Waals surface area (Å²) in [6.07, 6.45) is 3.94. The van der Waals surface area contributed by atoms with Crippen LogP contribution in [0.5, 0.6) is 0 Å². The summed E-state index contributed by atoms with van der Waals surface area (Å²) in [5.74, 6) is 5.41. The van der Waals surface area contributed by atoms with Gasteiger partial charge in [0, 0.05) is 19.9 Å². The van der Waals surface area contributed by atoms with Crippen LogP contribution in [0.1, 0.15) is 19.3 Å². The maximum Gasteiger partial charge on any atom is 0.242 e. The zero-order chi connectivity index (χ0) is 14.8. The number of ether oxygens (including phenoxy) is 1. The van der Waals surface area contributed by atoms with Gasteiger partial charge in [-0.25, -0.2) is 24.0 Å². The lowest BCUT2D eigenvalue weighted by molar-refractivity contribution is -0.0659. The highest BCUT2D eigenvalue weighted by Crippen LogP contribution is 2.34. The van der Waals surface area contributed by atoms with E-state index in [9.17, 15) is 8.42 Å². The predicted molar refractivity (Wildman–Crippen MR) is 75.8 cm³/mol.